The molecule has 0 aliphatic carbocycles. The molecule has 1 aromatic carbocycles. The lowest BCUT2D eigenvalue weighted by molar-refractivity contribution is -0.507. The molecule has 0 atom stereocenters. The molecule has 1 saturated heterocycles. The van der Waals surface area contributed by atoms with Crippen LogP contribution < -0.4 is 15.8 Å². The van der Waals surface area contributed by atoms with Gasteiger partial charge in [-0.05, 0) is 38.0 Å². The molecular weight excluding hydrogens is 409 g/mol. The van der Waals surface area contributed by atoms with Crippen LogP contribution in [0.25, 0.3) is 0 Å². The van der Waals surface area contributed by atoms with Crippen molar-refractivity contribution in [2.45, 2.75) is 32.2 Å². The Bertz CT molecular complexity index is 1170. The van der Waals surface area contributed by atoms with Crippen molar-refractivity contribution in [2.24, 2.45) is 4.99 Å². The van der Waals surface area contributed by atoms with Crippen molar-refractivity contribution in [1.29, 1.82) is 0 Å². The molecule has 0 unspecified atom stereocenters. The topological polar surface area (TPSA) is 121 Å². The molecule has 162 valence electrons. The van der Waals surface area contributed by atoms with E-state index in [0.717, 1.165) is 12.8 Å². The summed E-state index contributed by atoms with van der Waals surface area (Å²) in [6.07, 6.45) is 2.76. The molecule has 10 nitrogen and oxygen atoms in total. The SMILES string of the molecule is CCn1[nH+]c(C2CCN(c3ccc(N=Cc4ccc([N+](=O)[O-])o4)cc3F)CC2)oc1=O. The van der Waals surface area contributed by atoms with Gasteiger partial charge in [0.1, 0.15) is 10.7 Å². The summed E-state index contributed by atoms with van der Waals surface area (Å²) in [6, 6.07) is 7.29. The molecule has 4 rings (SSSR count). The highest BCUT2D eigenvalue weighted by atomic mass is 19.1. The quantitative estimate of drug-likeness (QED) is 0.337. The van der Waals surface area contributed by atoms with Crippen molar-refractivity contribution in [3.05, 3.63) is 68.5 Å². The third-order valence-electron chi connectivity index (χ3n) is 5.25. The second-order valence-electron chi connectivity index (χ2n) is 7.18. The van der Waals surface area contributed by atoms with Gasteiger partial charge in [-0.1, -0.05) is 9.78 Å². The highest BCUT2D eigenvalue weighted by Crippen LogP contribution is 2.31. The average molecular weight is 430 g/mol. The molecule has 3 heterocycles. The minimum atomic E-state index is -0.639. The molecule has 0 spiro atoms. The summed E-state index contributed by atoms with van der Waals surface area (Å²) >= 11 is 0. The van der Waals surface area contributed by atoms with Gasteiger partial charge in [-0.25, -0.2) is 9.18 Å². The maximum absolute atomic E-state index is 14.7. The number of H-pyrrole nitrogens is 1. The number of anilines is 1. The standard InChI is InChI=1S/C20H20FN5O5/c1-2-25-20(27)31-19(23-25)13-7-9-24(10-8-13)17-5-3-14(11-16(17)21)22-12-15-4-6-18(30-15)26(28)29/h3-6,11-13H,2,7-10H2,1H3/p+1. The van der Waals surface area contributed by atoms with Crippen molar-refractivity contribution in [3.63, 3.8) is 0 Å². The second-order valence-corrected chi connectivity index (χ2v) is 7.18. The predicted molar refractivity (Wildman–Crippen MR) is 108 cm³/mol. The van der Waals surface area contributed by atoms with E-state index in [4.69, 9.17) is 8.83 Å². The molecule has 11 heteroatoms. The van der Waals surface area contributed by atoms with E-state index < -0.39 is 16.5 Å². The third kappa shape index (κ3) is 4.39. The van der Waals surface area contributed by atoms with Gasteiger partial charge in [-0.3, -0.25) is 15.1 Å². The molecule has 1 fully saturated rings. The monoisotopic (exact) mass is 430 g/mol. The van der Waals surface area contributed by atoms with Crippen LogP contribution in [0, 0.1) is 15.9 Å². The van der Waals surface area contributed by atoms with Gasteiger partial charge in [0.15, 0.2) is 5.76 Å². The Labute approximate surface area is 175 Å². The predicted octanol–water partition coefficient (Wildman–Crippen LogP) is 3.05. The van der Waals surface area contributed by atoms with E-state index in [1.54, 1.807) is 12.1 Å². The number of halogens is 1. The number of furan rings is 1. The van der Waals surface area contributed by atoms with E-state index in [-0.39, 0.29) is 17.6 Å². The summed E-state index contributed by atoms with van der Waals surface area (Å²) in [7, 11) is 0. The number of aromatic nitrogens is 2. The van der Waals surface area contributed by atoms with Crippen molar-refractivity contribution >= 4 is 23.5 Å². The maximum Gasteiger partial charge on any atom is 0.472 e. The Morgan fingerprint density at radius 3 is 2.68 bits per heavy atom. The normalized spacial score (nSPS) is 15.1. The molecule has 0 amide bonds. The zero-order valence-electron chi connectivity index (χ0n) is 16.8. The smallest absolute Gasteiger partial charge is 0.400 e. The van der Waals surface area contributed by atoms with Gasteiger partial charge in [0.05, 0.1) is 36.1 Å². The van der Waals surface area contributed by atoms with E-state index >= 15 is 0 Å². The number of nitrogens with zero attached hydrogens (tertiary/aromatic N) is 4. The largest absolute Gasteiger partial charge is 0.472 e. The number of aryl methyl sites for hydroxylation is 1. The van der Waals surface area contributed by atoms with Gasteiger partial charge in [-0.15, -0.1) is 0 Å². The van der Waals surface area contributed by atoms with Crippen molar-refractivity contribution in [3.8, 4) is 0 Å². The van der Waals surface area contributed by atoms with E-state index in [0.29, 0.717) is 36.9 Å². The molecule has 31 heavy (non-hydrogen) atoms. The fourth-order valence-corrected chi connectivity index (χ4v) is 3.60. The van der Waals surface area contributed by atoms with Gasteiger partial charge in [0, 0.05) is 19.2 Å². The molecule has 1 aliphatic heterocycles. The molecule has 2 aromatic heterocycles. The van der Waals surface area contributed by atoms with Crippen LogP contribution in [0.4, 0.5) is 21.6 Å². The maximum atomic E-state index is 14.7. The van der Waals surface area contributed by atoms with Gasteiger partial charge in [0.25, 0.3) is 0 Å². The van der Waals surface area contributed by atoms with Crippen LogP contribution >= 0.6 is 0 Å². The number of hydrogen-bond donors (Lipinski definition) is 0. The summed E-state index contributed by atoms with van der Waals surface area (Å²) in [5.41, 5.74) is 0.843. The van der Waals surface area contributed by atoms with Gasteiger partial charge in [0.2, 0.25) is 0 Å². The summed E-state index contributed by atoms with van der Waals surface area (Å²) < 4.78 is 26.4. The van der Waals surface area contributed by atoms with Crippen LogP contribution in [-0.2, 0) is 6.54 Å². The number of rotatable bonds is 6. The number of nitrogens with one attached hydrogen (secondary N) is 1. The fourth-order valence-electron chi connectivity index (χ4n) is 3.60. The molecular formula is C20H21FN5O5+. The van der Waals surface area contributed by atoms with E-state index in [9.17, 15) is 19.3 Å². The summed E-state index contributed by atoms with van der Waals surface area (Å²) in [6.45, 7) is 3.61. The highest BCUT2D eigenvalue weighted by molar-refractivity contribution is 5.79. The lowest BCUT2D eigenvalue weighted by Crippen LogP contribution is -2.35. The van der Waals surface area contributed by atoms with Gasteiger partial charge >= 0.3 is 17.5 Å². The number of aliphatic imine (C=N–C) groups is 1. The highest BCUT2D eigenvalue weighted by Gasteiger charge is 2.30. The molecule has 0 radical (unpaired) electrons. The molecule has 0 saturated carbocycles. The van der Waals surface area contributed by atoms with Crippen molar-refractivity contribution in [2.75, 3.05) is 18.0 Å². The number of hydrogen-bond acceptors (Lipinski definition) is 7. The van der Waals surface area contributed by atoms with E-state index in [1.807, 2.05) is 11.8 Å². The van der Waals surface area contributed by atoms with Crippen LogP contribution in [0.1, 0.15) is 37.3 Å². The van der Waals surface area contributed by atoms with Crippen LogP contribution in [0.3, 0.4) is 0 Å². The summed E-state index contributed by atoms with van der Waals surface area (Å²) in [4.78, 5) is 27.8. The van der Waals surface area contributed by atoms with E-state index in [2.05, 4.69) is 10.1 Å². The molecule has 3 aromatic rings. The first-order valence-electron chi connectivity index (χ1n) is 9.90. The molecule has 0 bridgehead atoms. The Morgan fingerprint density at radius 1 is 1.29 bits per heavy atom. The lowest BCUT2D eigenvalue weighted by atomic mass is 9.96. The first-order valence-corrected chi connectivity index (χ1v) is 9.90. The first-order chi connectivity index (χ1) is 14.9. The molecule has 1 aliphatic rings. The minimum Gasteiger partial charge on any atom is -0.400 e. The number of piperidine rings is 1. The van der Waals surface area contributed by atoms with Crippen LogP contribution in [0.5, 0.6) is 0 Å². The Hall–Kier alpha value is -3.76. The third-order valence-corrected chi connectivity index (χ3v) is 5.25. The fraction of sp³-hybridized carbons (Fsp3) is 0.350. The van der Waals surface area contributed by atoms with Gasteiger partial charge < -0.3 is 13.7 Å². The average Bonchev–Trinajstić information content (AvgIpc) is 3.39. The summed E-state index contributed by atoms with van der Waals surface area (Å²) in [5.74, 6) is -0.330. The van der Waals surface area contributed by atoms with Crippen LogP contribution in [-0.4, -0.2) is 28.9 Å². The number of benzene rings is 1. The zero-order chi connectivity index (χ0) is 22.0. The van der Waals surface area contributed by atoms with Gasteiger partial charge in [-0.2, -0.15) is 0 Å². The number of nitro groups is 1. The van der Waals surface area contributed by atoms with Crippen LogP contribution in [0.15, 0.2) is 49.0 Å². The zero-order valence-corrected chi connectivity index (χ0v) is 16.8. The minimum absolute atomic E-state index is 0.0843. The lowest BCUT2D eigenvalue weighted by Gasteiger charge is -2.31. The second kappa shape index (κ2) is 8.54. The summed E-state index contributed by atoms with van der Waals surface area (Å²) in [5, 5.41) is 13.6. The van der Waals surface area contributed by atoms with E-state index in [1.165, 1.54) is 29.1 Å². The molecule has 1 N–H and O–H groups in total. The Kier molecular flexibility index (Phi) is 5.65. The Morgan fingerprint density at radius 2 is 2.06 bits per heavy atom. The van der Waals surface area contributed by atoms with Crippen LogP contribution in [0.2, 0.25) is 0 Å². The number of aromatic amines is 1. The van der Waals surface area contributed by atoms with Crippen molar-refractivity contribution in [1.82, 2.24) is 4.68 Å². The first kappa shape index (κ1) is 20.5. The Balaban J connectivity index is 1.40. The van der Waals surface area contributed by atoms with Crippen molar-refractivity contribution < 1.29 is 23.2 Å².